The number of aliphatic hydroxyl groups is 2. The molecule has 4 rings (SSSR count). The van der Waals surface area contributed by atoms with Crippen LogP contribution in [0.3, 0.4) is 0 Å². The average Bonchev–Trinajstić information content (AvgIpc) is 2.85. The number of nitriles is 1. The number of ether oxygens (including phenoxy) is 1. The van der Waals surface area contributed by atoms with E-state index in [1.54, 1.807) is 6.07 Å². The first-order valence-electron chi connectivity index (χ1n) is 8.92. The van der Waals surface area contributed by atoms with Crippen LogP contribution in [0.5, 0.6) is 11.5 Å². The van der Waals surface area contributed by atoms with Crippen LogP contribution in [0.1, 0.15) is 38.8 Å². The Bertz CT molecular complexity index is 1150. The van der Waals surface area contributed by atoms with Crippen LogP contribution in [-0.4, -0.2) is 16.1 Å². The molecule has 2 aliphatic rings. The summed E-state index contributed by atoms with van der Waals surface area (Å²) in [5, 5.41) is 29.8. The van der Waals surface area contributed by atoms with Gasteiger partial charge in [-0.2, -0.15) is 22.8 Å². The summed E-state index contributed by atoms with van der Waals surface area (Å²) in [6.45, 7) is 0. The van der Waals surface area contributed by atoms with Crippen molar-refractivity contribution in [1.82, 2.24) is 0 Å². The molecule has 2 N–H and O–H groups in total. The molecule has 4 nitrogen and oxygen atoms in total. The normalized spacial score (nSPS) is 32.7. The molecule has 2 aromatic carbocycles. The lowest BCUT2D eigenvalue weighted by Crippen LogP contribution is -2.48. The van der Waals surface area contributed by atoms with E-state index in [0.717, 1.165) is 18.2 Å². The fourth-order valence-electron chi connectivity index (χ4n) is 3.28. The topological polar surface area (TPSA) is 73.5 Å². The van der Waals surface area contributed by atoms with Crippen LogP contribution in [-0.2, 0) is 11.5 Å². The van der Waals surface area contributed by atoms with Crippen molar-refractivity contribution in [2.45, 2.75) is 29.9 Å². The second-order valence-corrected chi connectivity index (χ2v) is 6.08. The van der Waals surface area contributed by atoms with Gasteiger partial charge < -0.3 is 14.9 Å². The van der Waals surface area contributed by atoms with Crippen LogP contribution >= 0.6 is 0 Å². The van der Waals surface area contributed by atoms with Gasteiger partial charge in [-0.3, -0.25) is 0 Å². The lowest BCUT2D eigenvalue weighted by molar-refractivity contribution is -0.289. The highest BCUT2D eigenvalue weighted by atomic mass is 19.3. The fourth-order valence-corrected chi connectivity index (χ4v) is 3.28. The molecule has 9 heteroatoms. The molecule has 2 atom stereocenters. The average molecular weight is 386 g/mol. The van der Waals surface area contributed by atoms with Gasteiger partial charge in [0.25, 0.3) is 0 Å². The van der Waals surface area contributed by atoms with Crippen molar-refractivity contribution < 1.29 is 41.0 Å². The van der Waals surface area contributed by atoms with Crippen LogP contribution in [0.15, 0.2) is 30.3 Å². The van der Waals surface area contributed by atoms with E-state index < -0.39 is 63.9 Å². The molecule has 0 aromatic heterocycles. The second kappa shape index (κ2) is 5.18. The molecule has 0 aliphatic heterocycles. The van der Waals surface area contributed by atoms with Crippen molar-refractivity contribution in [2.24, 2.45) is 0 Å². The number of alkyl halides is 4. The highest BCUT2D eigenvalue weighted by Crippen LogP contribution is 2.68. The van der Waals surface area contributed by atoms with E-state index in [1.807, 2.05) is 0 Å². The molecule has 0 heterocycles. The van der Waals surface area contributed by atoms with Crippen molar-refractivity contribution >= 4 is 0 Å². The Balaban J connectivity index is 2.01. The van der Waals surface area contributed by atoms with E-state index in [9.17, 15) is 32.2 Å². The molecule has 27 heavy (non-hydrogen) atoms. The zero-order chi connectivity index (χ0) is 22.5. The van der Waals surface area contributed by atoms with Crippen LogP contribution in [0.25, 0.3) is 0 Å². The molecular formula is C18H10F5NO3. The molecule has 0 fully saturated rings. The van der Waals surface area contributed by atoms with Gasteiger partial charge in [-0.25, -0.2) is 4.39 Å². The lowest BCUT2D eigenvalue weighted by atomic mass is 9.94. The summed E-state index contributed by atoms with van der Waals surface area (Å²) in [5.41, 5.74) is -8.44. The van der Waals surface area contributed by atoms with Gasteiger partial charge in [-0.05, 0) is 24.3 Å². The molecule has 0 saturated heterocycles. The summed E-state index contributed by atoms with van der Waals surface area (Å²) in [6.07, 6.45) is -7.62. The number of nitrogens with zero attached hydrogens (tertiary/aromatic N) is 1. The van der Waals surface area contributed by atoms with Crippen molar-refractivity contribution in [3.63, 3.8) is 0 Å². The number of hydrogen-bond acceptors (Lipinski definition) is 4. The summed E-state index contributed by atoms with van der Waals surface area (Å²) >= 11 is 0. The highest BCUT2D eigenvalue weighted by Gasteiger charge is 2.78. The number of hydrogen-bond donors (Lipinski definition) is 2. The molecule has 0 amide bonds. The quantitative estimate of drug-likeness (QED) is 0.769. The van der Waals surface area contributed by atoms with Gasteiger partial charge in [0.05, 0.1) is 19.1 Å². The van der Waals surface area contributed by atoms with Crippen molar-refractivity contribution in [1.29, 1.82) is 5.26 Å². The monoisotopic (exact) mass is 386 g/mol. The van der Waals surface area contributed by atoms with Crippen molar-refractivity contribution in [2.75, 3.05) is 0 Å². The van der Waals surface area contributed by atoms with E-state index in [4.69, 9.17) is 14.1 Å². The predicted octanol–water partition coefficient (Wildman–Crippen LogP) is 3.86. The predicted molar refractivity (Wildman–Crippen MR) is 79.9 cm³/mol. The van der Waals surface area contributed by atoms with Gasteiger partial charge in [-0.15, -0.1) is 0 Å². The standard InChI is InChI=1S/C18H10F5NO3/c19-9-3-8(7-24)4-10(5-9)27-13-2-1-11-15-14(13)12(25)6-16(15,26)18(22,23)17(11,20)21/h1-5,12,25-26H,6H2/t12-,16-/m1/s1/i6D2,12D. The van der Waals surface area contributed by atoms with Gasteiger partial charge in [0.1, 0.15) is 17.3 Å². The van der Waals surface area contributed by atoms with E-state index in [-0.39, 0.29) is 5.56 Å². The first-order chi connectivity index (χ1) is 13.6. The zero-order valence-corrected chi connectivity index (χ0v) is 13.0. The SMILES string of the molecule is [2H]C1([2H])[C@@]2(O)c3c(ccc(Oc4cc(F)cc(C#N)c4)c3[C@]1([2H])O)C(F)(F)C2(F)F. The Hall–Kier alpha value is -2.70. The Morgan fingerprint density at radius 3 is 2.63 bits per heavy atom. The first kappa shape index (κ1) is 14.4. The third-order valence-electron chi connectivity index (χ3n) is 4.48. The molecule has 0 spiro atoms. The molecular weight excluding hydrogens is 373 g/mol. The first-order valence-corrected chi connectivity index (χ1v) is 7.42. The molecule has 0 unspecified atom stereocenters. The summed E-state index contributed by atoms with van der Waals surface area (Å²) < 4.78 is 100. The third-order valence-corrected chi connectivity index (χ3v) is 4.48. The van der Waals surface area contributed by atoms with Crippen LogP contribution < -0.4 is 4.74 Å². The summed E-state index contributed by atoms with van der Waals surface area (Å²) in [4.78, 5) is 0. The minimum atomic E-state index is -5.41. The molecule has 0 bridgehead atoms. The van der Waals surface area contributed by atoms with Gasteiger partial charge in [-0.1, -0.05) is 0 Å². The molecule has 2 aliphatic carbocycles. The summed E-state index contributed by atoms with van der Waals surface area (Å²) in [5.74, 6) is -12.5. The Kier molecular flexibility index (Phi) is 2.76. The molecule has 140 valence electrons. The second-order valence-electron chi connectivity index (χ2n) is 6.08. The Morgan fingerprint density at radius 2 is 1.96 bits per heavy atom. The Labute approximate surface area is 153 Å². The third kappa shape index (κ3) is 2.08. The number of halogens is 5. The van der Waals surface area contributed by atoms with E-state index in [1.165, 1.54) is 0 Å². The minimum Gasteiger partial charge on any atom is -0.457 e. The summed E-state index contributed by atoms with van der Waals surface area (Å²) in [7, 11) is 0. The number of benzene rings is 2. The van der Waals surface area contributed by atoms with Gasteiger partial charge in [0, 0.05) is 31.9 Å². The van der Waals surface area contributed by atoms with Crippen molar-refractivity contribution in [3.8, 4) is 17.6 Å². The van der Waals surface area contributed by atoms with E-state index >= 15 is 0 Å². The van der Waals surface area contributed by atoms with Gasteiger partial charge in [0.2, 0.25) is 0 Å². The molecule has 0 radical (unpaired) electrons. The summed E-state index contributed by atoms with van der Waals surface area (Å²) in [6, 6.07) is 5.34. The molecule has 2 aromatic rings. The van der Waals surface area contributed by atoms with E-state index in [2.05, 4.69) is 0 Å². The van der Waals surface area contributed by atoms with Gasteiger partial charge >= 0.3 is 11.8 Å². The van der Waals surface area contributed by atoms with Crippen LogP contribution in [0.4, 0.5) is 22.0 Å². The van der Waals surface area contributed by atoms with Crippen LogP contribution in [0.2, 0.25) is 0 Å². The van der Waals surface area contributed by atoms with Crippen LogP contribution in [0, 0.1) is 17.1 Å². The minimum absolute atomic E-state index is 0.214. The molecule has 0 saturated carbocycles. The Morgan fingerprint density at radius 1 is 1.26 bits per heavy atom. The van der Waals surface area contributed by atoms with Gasteiger partial charge in [0.15, 0.2) is 5.60 Å². The fraction of sp³-hybridized carbons (Fsp3) is 0.278. The maximum absolute atomic E-state index is 14.6. The highest BCUT2D eigenvalue weighted by molar-refractivity contribution is 5.60. The lowest BCUT2D eigenvalue weighted by Gasteiger charge is -2.30. The number of rotatable bonds is 2. The maximum Gasteiger partial charge on any atom is 0.346 e. The maximum atomic E-state index is 14.6. The van der Waals surface area contributed by atoms with E-state index in [0.29, 0.717) is 12.1 Å². The van der Waals surface area contributed by atoms with Crippen molar-refractivity contribution in [3.05, 3.63) is 58.4 Å². The largest absolute Gasteiger partial charge is 0.457 e. The smallest absolute Gasteiger partial charge is 0.346 e. The zero-order valence-electron chi connectivity index (χ0n) is 16.0.